The largest absolute Gasteiger partial charge is 0.452 e. The lowest BCUT2D eigenvalue weighted by Crippen LogP contribution is -2.32. The lowest BCUT2D eigenvalue weighted by atomic mass is 10.1. The minimum Gasteiger partial charge on any atom is -0.452 e. The van der Waals surface area contributed by atoms with Crippen molar-refractivity contribution in [1.29, 1.82) is 5.26 Å². The van der Waals surface area contributed by atoms with Gasteiger partial charge in [-0.3, -0.25) is 9.36 Å². The monoisotopic (exact) mass is 387 g/mol. The van der Waals surface area contributed by atoms with Crippen LogP contribution in [0.1, 0.15) is 23.6 Å². The molecule has 6 heteroatoms. The van der Waals surface area contributed by atoms with E-state index in [9.17, 15) is 9.59 Å². The van der Waals surface area contributed by atoms with Gasteiger partial charge in [0.1, 0.15) is 0 Å². The average molecular weight is 387 g/mol. The number of carbonyl (C=O) groups is 2. The van der Waals surface area contributed by atoms with E-state index in [4.69, 9.17) is 10.00 Å². The summed E-state index contributed by atoms with van der Waals surface area (Å²) in [7, 11) is 1.34. The number of nitrogens with zero attached hydrogens (tertiary/aromatic N) is 2. The lowest BCUT2D eigenvalue weighted by molar-refractivity contribution is -0.117. The first-order valence-corrected chi connectivity index (χ1v) is 9.18. The Morgan fingerprint density at radius 3 is 2.69 bits per heavy atom. The number of methoxy groups -OCH3 is 1. The highest BCUT2D eigenvalue weighted by Crippen LogP contribution is 2.23. The van der Waals surface area contributed by atoms with Crippen LogP contribution in [0.25, 0.3) is 17.0 Å². The minimum atomic E-state index is -0.455. The molecule has 0 aliphatic heterocycles. The van der Waals surface area contributed by atoms with Gasteiger partial charge in [0.25, 0.3) is 0 Å². The van der Waals surface area contributed by atoms with Crippen molar-refractivity contribution >= 4 is 29.0 Å². The van der Waals surface area contributed by atoms with Gasteiger partial charge in [-0.15, -0.1) is 0 Å². The third-order valence-corrected chi connectivity index (χ3v) is 4.58. The van der Waals surface area contributed by atoms with Gasteiger partial charge in [0, 0.05) is 23.7 Å². The third-order valence-electron chi connectivity index (χ3n) is 4.58. The van der Waals surface area contributed by atoms with Crippen molar-refractivity contribution in [3.63, 3.8) is 0 Å². The molecule has 6 nitrogen and oxygen atoms in total. The van der Waals surface area contributed by atoms with E-state index in [2.05, 4.69) is 11.4 Å². The molecule has 0 unspecified atom stereocenters. The summed E-state index contributed by atoms with van der Waals surface area (Å²) in [6.07, 6.45) is 4.90. The quantitative estimate of drug-likeness (QED) is 0.673. The number of hydrogen-bond donors (Lipinski definition) is 1. The van der Waals surface area contributed by atoms with E-state index < -0.39 is 6.09 Å². The number of fused-ring (bicyclic) bond motifs is 1. The summed E-state index contributed by atoms with van der Waals surface area (Å²) in [6, 6.07) is 16.6. The normalized spacial score (nSPS) is 11.9. The summed E-state index contributed by atoms with van der Waals surface area (Å²) in [5, 5.41) is 13.0. The van der Waals surface area contributed by atoms with Gasteiger partial charge in [-0.05, 0) is 42.7 Å². The molecule has 29 heavy (non-hydrogen) atoms. The Morgan fingerprint density at radius 1 is 1.21 bits per heavy atom. The van der Waals surface area contributed by atoms with Crippen molar-refractivity contribution in [2.75, 3.05) is 7.11 Å². The van der Waals surface area contributed by atoms with Crippen LogP contribution in [0.15, 0.2) is 60.8 Å². The average Bonchev–Trinajstić information content (AvgIpc) is 3.10. The molecule has 0 aliphatic rings. The van der Waals surface area contributed by atoms with Crippen LogP contribution in [0.5, 0.6) is 0 Å². The zero-order valence-corrected chi connectivity index (χ0v) is 16.3. The van der Waals surface area contributed by atoms with Gasteiger partial charge in [-0.1, -0.05) is 36.4 Å². The maximum atomic E-state index is 12.3. The highest BCUT2D eigenvalue weighted by Gasteiger charge is 2.16. The summed E-state index contributed by atoms with van der Waals surface area (Å²) in [5.41, 5.74) is 2.91. The van der Waals surface area contributed by atoms with Crippen LogP contribution in [-0.2, 0) is 16.0 Å². The molecule has 1 atom stereocenters. The lowest BCUT2D eigenvalue weighted by Gasteiger charge is -2.12. The Hall–Kier alpha value is -3.85. The molecule has 1 aromatic heterocycles. The number of ether oxygens (including phenoxy) is 1. The van der Waals surface area contributed by atoms with Crippen molar-refractivity contribution < 1.29 is 14.3 Å². The van der Waals surface area contributed by atoms with Crippen LogP contribution in [0, 0.1) is 11.3 Å². The Kier molecular flexibility index (Phi) is 6.10. The summed E-state index contributed by atoms with van der Waals surface area (Å²) >= 11 is 0. The summed E-state index contributed by atoms with van der Waals surface area (Å²) < 4.78 is 6.31. The second-order valence-corrected chi connectivity index (χ2v) is 6.66. The van der Waals surface area contributed by atoms with Gasteiger partial charge in [0.2, 0.25) is 5.91 Å². The van der Waals surface area contributed by atoms with Crippen LogP contribution in [0.2, 0.25) is 0 Å². The Labute approximate surface area is 169 Å². The highest BCUT2D eigenvalue weighted by molar-refractivity contribution is 5.93. The first kappa shape index (κ1) is 19.9. The molecule has 0 saturated heterocycles. The molecule has 0 radical (unpaired) electrons. The van der Waals surface area contributed by atoms with Gasteiger partial charge >= 0.3 is 6.09 Å². The standard InChI is InChI=1S/C23H21N3O3/c1-16(25-22(27)12-11-17-7-3-4-8-18(17)14-24)13-19-15-26(23(28)29-2)21-10-6-5-9-20(19)21/h3-12,15-16H,13H2,1-2H3,(H,25,27)/t16-/m1/s1. The van der Waals surface area contributed by atoms with E-state index in [1.165, 1.54) is 17.8 Å². The van der Waals surface area contributed by atoms with Crippen molar-refractivity contribution in [2.45, 2.75) is 19.4 Å². The highest BCUT2D eigenvalue weighted by atomic mass is 16.5. The molecule has 1 heterocycles. The molecule has 0 saturated carbocycles. The first-order chi connectivity index (χ1) is 14.0. The number of carbonyl (C=O) groups excluding carboxylic acids is 2. The van der Waals surface area contributed by atoms with Gasteiger partial charge in [0.05, 0.1) is 24.3 Å². The number of para-hydroxylation sites is 1. The molecule has 3 aromatic rings. The Bertz CT molecular complexity index is 1120. The number of nitriles is 1. The predicted octanol–water partition coefficient (Wildman–Crippen LogP) is 3.89. The van der Waals surface area contributed by atoms with Gasteiger partial charge in [-0.25, -0.2) is 4.79 Å². The molecular formula is C23H21N3O3. The van der Waals surface area contributed by atoms with Crippen molar-refractivity contribution in [2.24, 2.45) is 0 Å². The maximum Gasteiger partial charge on any atom is 0.418 e. The van der Waals surface area contributed by atoms with Crippen molar-refractivity contribution in [3.05, 3.63) is 77.5 Å². The number of benzene rings is 2. The molecule has 1 amide bonds. The van der Waals surface area contributed by atoms with Crippen LogP contribution in [-0.4, -0.2) is 29.7 Å². The fourth-order valence-electron chi connectivity index (χ4n) is 3.24. The molecule has 0 aliphatic carbocycles. The number of amides is 1. The number of rotatable bonds is 5. The number of aromatic nitrogens is 1. The van der Waals surface area contributed by atoms with Gasteiger partial charge in [0.15, 0.2) is 0 Å². The summed E-state index contributed by atoms with van der Waals surface area (Å²) in [6.45, 7) is 1.90. The minimum absolute atomic E-state index is 0.157. The van der Waals surface area contributed by atoms with E-state index >= 15 is 0 Å². The Morgan fingerprint density at radius 2 is 1.93 bits per heavy atom. The molecule has 0 fully saturated rings. The maximum absolute atomic E-state index is 12.3. The van der Waals surface area contributed by atoms with Gasteiger partial charge in [-0.2, -0.15) is 5.26 Å². The van der Waals surface area contributed by atoms with Crippen molar-refractivity contribution in [3.8, 4) is 6.07 Å². The molecule has 0 spiro atoms. The molecule has 0 bridgehead atoms. The van der Waals surface area contributed by atoms with Crippen LogP contribution < -0.4 is 5.32 Å². The summed E-state index contributed by atoms with van der Waals surface area (Å²) in [4.78, 5) is 24.3. The topological polar surface area (TPSA) is 84.1 Å². The van der Waals surface area contributed by atoms with E-state index in [-0.39, 0.29) is 11.9 Å². The zero-order chi connectivity index (χ0) is 20.8. The number of hydrogen-bond acceptors (Lipinski definition) is 4. The van der Waals surface area contributed by atoms with E-state index in [1.54, 1.807) is 30.5 Å². The first-order valence-electron chi connectivity index (χ1n) is 9.18. The molecule has 3 rings (SSSR count). The number of nitrogens with one attached hydrogen (secondary N) is 1. The van der Waals surface area contributed by atoms with Crippen molar-refractivity contribution in [1.82, 2.24) is 9.88 Å². The zero-order valence-electron chi connectivity index (χ0n) is 16.3. The fourth-order valence-corrected chi connectivity index (χ4v) is 3.24. The van der Waals surface area contributed by atoms with E-state index in [0.29, 0.717) is 17.5 Å². The second-order valence-electron chi connectivity index (χ2n) is 6.66. The SMILES string of the molecule is COC(=O)n1cc(C[C@@H](C)NC(=O)C=Cc2ccccc2C#N)c2ccccc21. The second kappa shape index (κ2) is 8.89. The fraction of sp³-hybridized carbons (Fsp3) is 0.174. The van der Waals surface area contributed by atoms with Crippen LogP contribution >= 0.6 is 0 Å². The molecule has 2 aromatic carbocycles. The third kappa shape index (κ3) is 4.53. The molecule has 1 N–H and O–H groups in total. The van der Waals surface area contributed by atoms with Gasteiger partial charge < -0.3 is 10.1 Å². The molecule has 146 valence electrons. The smallest absolute Gasteiger partial charge is 0.418 e. The van der Waals surface area contributed by atoms with E-state index in [1.807, 2.05) is 37.3 Å². The Balaban J connectivity index is 1.72. The van der Waals surface area contributed by atoms with Crippen LogP contribution in [0.4, 0.5) is 4.79 Å². The summed E-state index contributed by atoms with van der Waals surface area (Å²) in [5.74, 6) is -0.248. The molecular weight excluding hydrogens is 366 g/mol. The van der Waals surface area contributed by atoms with E-state index in [0.717, 1.165) is 16.5 Å². The van der Waals surface area contributed by atoms with Crippen LogP contribution in [0.3, 0.4) is 0 Å². The predicted molar refractivity (Wildman–Crippen MR) is 111 cm³/mol.